The molecule has 1 N–H and O–H groups in total. The van der Waals surface area contributed by atoms with Gasteiger partial charge in [0.15, 0.2) is 0 Å². The Morgan fingerprint density at radius 3 is 3.05 bits per heavy atom. The minimum Gasteiger partial charge on any atom is -0.314 e. The Morgan fingerprint density at radius 1 is 1.48 bits per heavy atom. The van der Waals surface area contributed by atoms with E-state index in [0.29, 0.717) is 6.04 Å². The molecule has 1 aromatic heterocycles. The van der Waals surface area contributed by atoms with Crippen LogP contribution >= 0.6 is 27.5 Å². The second-order valence-electron chi connectivity index (χ2n) is 5.31. The molecule has 2 aromatic rings. The lowest BCUT2D eigenvalue weighted by atomic mass is 10.0. The molecule has 1 unspecified atom stereocenters. The molecule has 2 heterocycles. The van der Waals surface area contributed by atoms with Gasteiger partial charge in [0.1, 0.15) is 0 Å². The lowest BCUT2D eigenvalue weighted by Crippen LogP contribution is -2.45. The highest BCUT2D eigenvalue weighted by molar-refractivity contribution is 9.10. The first-order valence-corrected chi connectivity index (χ1v) is 8.19. The van der Waals surface area contributed by atoms with Crippen LogP contribution < -0.4 is 5.32 Å². The third-order valence-corrected chi connectivity index (χ3v) is 4.85. The van der Waals surface area contributed by atoms with Crippen LogP contribution in [0.25, 0.3) is 0 Å². The van der Waals surface area contributed by atoms with Gasteiger partial charge in [0.25, 0.3) is 0 Å². The van der Waals surface area contributed by atoms with E-state index in [9.17, 15) is 0 Å². The zero-order valence-electron chi connectivity index (χ0n) is 11.9. The zero-order chi connectivity index (χ0) is 14.8. The summed E-state index contributed by atoms with van der Waals surface area (Å²) in [5.41, 5.74) is 2.46. The largest absolute Gasteiger partial charge is 0.314 e. The van der Waals surface area contributed by atoms with Crippen molar-refractivity contribution in [3.63, 3.8) is 0 Å². The second-order valence-corrected chi connectivity index (χ2v) is 6.60. The van der Waals surface area contributed by atoms with Gasteiger partial charge in [-0.15, -0.1) is 0 Å². The van der Waals surface area contributed by atoms with Crippen molar-refractivity contribution in [1.82, 2.24) is 20.0 Å². The number of hydrogen-bond acceptors (Lipinski definition) is 3. The molecule has 4 nitrogen and oxygen atoms in total. The van der Waals surface area contributed by atoms with Gasteiger partial charge in [-0.3, -0.25) is 9.58 Å². The number of aromatic nitrogens is 2. The molecule has 0 spiro atoms. The van der Waals surface area contributed by atoms with E-state index in [1.807, 2.05) is 30.1 Å². The minimum absolute atomic E-state index is 0.333. The summed E-state index contributed by atoms with van der Waals surface area (Å²) in [4.78, 5) is 2.48. The molecule has 112 valence electrons. The van der Waals surface area contributed by atoms with Crippen molar-refractivity contribution in [2.75, 3.05) is 19.6 Å². The highest BCUT2D eigenvalue weighted by atomic mass is 79.9. The van der Waals surface area contributed by atoms with Crippen molar-refractivity contribution in [3.8, 4) is 0 Å². The quantitative estimate of drug-likeness (QED) is 0.903. The van der Waals surface area contributed by atoms with Crippen LogP contribution in [-0.4, -0.2) is 34.3 Å². The summed E-state index contributed by atoms with van der Waals surface area (Å²) in [5.74, 6) is 0. The van der Waals surface area contributed by atoms with Crippen LogP contribution in [-0.2, 0) is 13.6 Å². The molecule has 1 aliphatic rings. The van der Waals surface area contributed by atoms with E-state index in [0.717, 1.165) is 35.7 Å². The predicted molar refractivity (Wildman–Crippen MR) is 88.4 cm³/mol. The Balaban J connectivity index is 1.85. The van der Waals surface area contributed by atoms with Crippen molar-refractivity contribution in [3.05, 3.63) is 51.2 Å². The van der Waals surface area contributed by atoms with Gasteiger partial charge in [-0.1, -0.05) is 23.7 Å². The maximum Gasteiger partial charge on any atom is 0.0663 e. The van der Waals surface area contributed by atoms with Gasteiger partial charge in [-0.25, -0.2) is 0 Å². The van der Waals surface area contributed by atoms with E-state index in [1.165, 1.54) is 11.3 Å². The second kappa shape index (κ2) is 6.48. The SMILES string of the molecule is Cn1ncc(Br)c1CN1CCNCC1c1cccc(Cl)c1. The predicted octanol–water partition coefficient (Wildman–Crippen LogP) is 2.98. The molecule has 1 fully saturated rings. The molecule has 0 bridgehead atoms. The molecule has 0 aliphatic carbocycles. The van der Waals surface area contributed by atoms with Gasteiger partial charge in [0, 0.05) is 44.3 Å². The van der Waals surface area contributed by atoms with Gasteiger partial charge in [0.05, 0.1) is 16.4 Å². The number of nitrogens with one attached hydrogen (secondary N) is 1. The fourth-order valence-electron chi connectivity index (χ4n) is 2.78. The summed E-state index contributed by atoms with van der Waals surface area (Å²) in [5, 5.41) is 8.56. The molecule has 1 aromatic carbocycles. The summed E-state index contributed by atoms with van der Waals surface area (Å²) >= 11 is 9.73. The van der Waals surface area contributed by atoms with Gasteiger partial charge in [-0.2, -0.15) is 5.10 Å². The first kappa shape index (κ1) is 15.0. The maximum absolute atomic E-state index is 6.14. The topological polar surface area (TPSA) is 33.1 Å². The van der Waals surface area contributed by atoms with Crippen LogP contribution in [0, 0.1) is 0 Å². The van der Waals surface area contributed by atoms with Crippen molar-refractivity contribution in [2.24, 2.45) is 7.05 Å². The maximum atomic E-state index is 6.14. The number of halogens is 2. The van der Waals surface area contributed by atoms with Crippen molar-refractivity contribution < 1.29 is 0 Å². The molecule has 21 heavy (non-hydrogen) atoms. The number of nitrogens with zero attached hydrogens (tertiary/aromatic N) is 3. The number of piperazine rings is 1. The van der Waals surface area contributed by atoms with Gasteiger partial charge in [-0.05, 0) is 33.6 Å². The molecule has 1 atom stereocenters. The van der Waals surface area contributed by atoms with Crippen LogP contribution in [0.15, 0.2) is 34.9 Å². The van der Waals surface area contributed by atoms with E-state index in [2.05, 4.69) is 43.4 Å². The molecule has 3 rings (SSSR count). The number of aryl methyl sites for hydroxylation is 1. The van der Waals surface area contributed by atoms with Gasteiger partial charge in [0.2, 0.25) is 0 Å². The molecule has 1 aliphatic heterocycles. The molecule has 0 amide bonds. The average Bonchev–Trinajstić information content (AvgIpc) is 2.80. The summed E-state index contributed by atoms with van der Waals surface area (Å²) in [6, 6.07) is 8.48. The molecular formula is C15H18BrClN4. The Kier molecular flexibility index (Phi) is 4.64. The average molecular weight is 370 g/mol. The fourth-order valence-corrected chi connectivity index (χ4v) is 3.46. The van der Waals surface area contributed by atoms with Crippen LogP contribution in [0.2, 0.25) is 5.02 Å². The van der Waals surface area contributed by atoms with Gasteiger partial charge < -0.3 is 5.32 Å². The fraction of sp³-hybridized carbons (Fsp3) is 0.400. The molecule has 0 saturated carbocycles. The Morgan fingerprint density at radius 2 is 2.33 bits per heavy atom. The molecule has 1 saturated heterocycles. The van der Waals surface area contributed by atoms with E-state index >= 15 is 0 Å². The summed E-state index contributed by atoms with van der Waals surface area (Å²) in [6.45, 7) is 3.83. The first-order valence-electron chi connectivity index (χ1n) is 7.02. The lowest BCUT2D eigenvalue weighted by molar-refractivity contribution is 0.149. The van der Waals surface area contributed by atoms with E-state index in [1.54, 1.807) is 0 Å². The summed E-state index contributed by atoms with van der Waals surface area (Å²) in [7, 11) is 1.98. The monoisotopic (exact) mass is 368 g/mol. The summed E-state index contributed by atoms with van der Waals surface area (Å²) < 4.78 is 3.00. The van der Waals surface area contributed by atoms with Crippen LogP contribution in [0.4, 0.5) is 0 Å². The minimum atomic E-state index is 0.333. The van der Waals surface area contributed by atoms with Crippen LogP contribution in [0.5, 0.6) is 0 Å². The van der Waals surface area contributed by atoms with Gasteiger partial charge >= 0.3 is 0 Å². The highest BCUT2D eigenvalue weighted by Crippen LogP contribution is 2.27. The Labute approximate surface area is 138 Å². The smallest absolute Gasteiger partial charge is 0.0663 e. The zero-order valence-corrected chi connectivity index (χ0v) is 14.2. The van der Waals surface area contributed by atoms with E-state index in [-0.39, 0.29) is 0 Å². The third-order valence-electron chi connectivity index (χ3n) is 3.95. The Hall–Kier alpha value is -0.880. The first-order chi connectivity index (χ1) is 10.1. The Bertz CT molecular complexity index is 608. The van der Waals surface area contributed by atoms with Crippen molar-refractivity contribution in [1.29, 1.82) is 0 Å². The molecule has 0 radical (unpaired) electrons. The van der Waals surface area contributed by atoms with Crippen LogP contribution in [0.1, 0.15) is 17.3 Å². The molecule has 6 heteroatoms. The van der Waals surface area contributed by atoms with Crippen molar-refractivity contribution in [2.45, 2.75) is 12.6 Å². The van der Waals surface area contributed by atoms with Crippen LogP contribution in [0.3, 0.4) is 0 Å². The number of hydrogen-bond donors (Lipinski definition) is 1. The highest BCUT2D eigenvalue weighted by Gasteiger charge is 2.25. The molecular weight excluding hydrogens is 352 g/mol. The standard InChI is InChI=1S/C15H18BrClN4/c1-20-15(13(16)8-19-20)10-21-6-5-18-9-14(21)11-3-2-4-12(17)7-11/h2-4,7-8,14,18H,5-6,9-10H2,1H3. The van der Waals surface area contributed by atoms with E-state index < -0.39 is 0 Å². The normalized spacial score (nSPS) is 19.9. The van der Waals surface area contributed by atoms with E-state index in [4.69, 9.17) is 11.6 Å². The summed E-state index contributed by atoms with van der Waals surface area (Å²) in [6.07, 6.45) is 1.85. The lowest BCUT2D eigenvalue weighted by Gasteiger charge is -2.36. The van der Waals surface area contributed by atoms with Crippen molar-refractivity contribution >= 4 is 27.5 Å². The third kappa shape index (κ3) is 3.31. The number of rotatable bonds is 3. The number of benzene rings is 1.